The topological polar surface area (TPSA) is 83.0 Å². The van der Waals surface area contributed by atoms with E-state index < -0.39 is 11.7 Å². The molecule has 106 valence electrons. The Hall–Kier alpha value is -2.94. The number of nitriles is 1. The zero-order valence-corrected chi connectivity index (χ0v) is 11.4. The van der Waals surface area contributed by atoms with Crippen LogP contribution >= 0.6 is 0 Å². The van der Waals surface area contributed by atoms with Gasteiger partial charge >= 0.3 is 0 Å². The van der Waals surface area contributed by atoms with E-state index in [1.54, 1.807) is 12.1 Å². The third kappa shape index (κ3) is 3.15. The minimum Gasteiger partial charge on any atom is -0.397 e. The van der Waals surface area contributed by atoms with Crippen molar-refractivity contribution in [1.29, 1.82) is 5.26 Å². The van der Waals surface area contributed by atoms with Crippen LogP contribution in [0.25, 0.3) is 0 Å². The molecule has 0 atom stereocenters. The Kier molecular flexibility index (Phi) is 4.14. The minimum atomic E-state index is -0.470. The highest BCUT2D eigenvalue weighted by molar-refractivity contribution is 5.96. The summed E-state index contributed by atoms with van der Waals surface area (Å²) in [5, 5.41) is 8.83. The molecule has 2 rings (SSSR count). The van der Waals surface area contributed by atoms with Crippen molar-refractivity contribution in [1.82, 2.24) is 9.88 Å². The zero-order valence-electron chi connectivity index (χ0n) is 11.4. The molecule has 0 spiro atoms. The predicted octanol–water partition coefficient (Wildman–Crippen LogP) is 1.95. The number of nitrogens with zero attached hydrogens (tertiary/aromatic N) is 3. The first kappa shape index (κ1) is 14.5. The summed E-state index contributed by atoms with van der Waals surface area (Å²) in [5.41, 5.74) is 6.69. The van der Waals surface area contributed by atoms with Gasteiger partial charge in [0.15, 0.2) is 5.69 Å². The summed E-state index contributed by atoms with van der Waals surface area (Å²) in [6, 6.07) is 9.15. The molecule has 1 amide bonds. The molecule has 5 nitrogen and oxygen atoms in total. The van der Waals surface area contributed by atoms with E-state index in [1.165, 1.54) is 36.3 Å². The number of hydrogen-bond donors (Lipinski definition) is 1. The number of hydrogen-bond acceptors (Lipinski definition) is 4. The standard InChI is InChI=1S/C15H13FN4O/c1-20(15(21)14-13(18)3-2-6-19-14)9-11-7-10(8-17)4-5-12(11)16/h2-7H,9,18H2,1H3. The number of halogens is 1. The second-order valence-electron chi connectivity index (χ2n) is 4.52. The summed E-state index contributed by atoms with van der Waals surface area (Å²) in [6.45, 7) is 0.0240. The monoisotopic (exact) mass is 284 g/mol. The number of rotatable bonds is 3. The fourth-order valence-electron chi connectivity index (χ4n) is 1.87. The van der Waals surface area contributed by atoms with Gasteiger partial charge in [-0.25, -0.2) is 9.37 Å². The summed E-state index contributed by atoms with van der Waals surface area (Å²) >= 11 is 0. The first-order valence-electron chi connectivity index (χ1n) is 6.17. The van der Waals surface area contributed by atoms with Crippen LogP contribution in [-0.2, 0) is 6.54 Å². The molecule has 0 fully saturated rings. The third-order valence-corrected chi connectivity index (χ3v) is 2.97. The van der Waals surface area contributed by atoms with Gasteiger partial charge in [-0.05, 0) is 30.3 Å². The SMILES string of the molecule is CN(Cc1cc(C#N)ccc1F)C(=O)c1ncccc1N. The molecular weight excluding hydrogens is 271 g/mol. The number of nitrogen functional groups attached to an aromatic ring is 1. The van der Waals surface area contributed by atoms with E-state index in [-0.39, 0.29) is 23.5 Å². The Morgan fingerprint density at radius 3 is 2.90 bits per heavy atom. The van der Waals surface area contributed by atoms with Crippen molar-refractivity contribution in [3.63, 3.8) is 0 Å². The molecule has 1 aromatic heterocycles. The third-order valence-electron chi connectivity index (χ3n) is 2.97. The highest BCUT2D eigenvalue weighted by atomic mass is 19.1. The second-order valence-corrected chi connectivity index (χ2v) is 4.52. The van der Waals surface area contributed by atoms with Crippen molar-refractivity contribution in [3.05, 3.63) is 59.2 Å². The highest BCUT2D eigenvalue weighted by Crippen LogP contribution is 2.15. The van der Waals surface area contributed by atoms with Gasteiger partial charge in [-0.2, -0.15) is 5.26 Å². The largest absolute Gasteiger partial charge is 0.397 e. The normalized spacial score (nSPS) is 9.95. The Morgan fingerprint density at radius 1 is 1.48 bits per heavy atom. The predicted molar refractivity (Wildman–Crippen MR) is 75.6 cm³/mol. The lowest BCUT2D eigenvalue weighted by molar-refractivity contribution is 0.0779. The van der Waals surface area contributed by atoms with Crippen LogP contribution in [0.5, 0.6) is 0 Å². The Labute approximate surface area is 121 Å². The van der Waals surface area contributed by atoms with Crippen molar-refractivity contribution < 1.29 is 9.18 Å². The number of amides is 1. The number of carbonyl (C=O) groups excluding carboxylic acids is 1. The molecule has 2 aromatic rings. The number of carbonyl (C=O) groups is 1. The van der Waals surface area contributed by atoms with Gasteiger partial charge in [-0.1, -0.05) is 0 Å². The fourth-order valence-corrected chi connectivity index (χ4v) is 1.87. The first-order valence-corrected chi connectivity index (χ1v) is 6.17. The molecule has 0 aliphatic carbocycles. The molecule has 21 heavy (non-hydrogen) atoms. The number of pyridine rings is 1. The smallest absolute Gasteiger partial charge is 0.274 e. The second kappa shape index (κ2) is 6.01. The van der Waals surface area contributed by atoms with Crippen LogP contribution in [0.3, 0.4) is 0 Å². The lowest BCUT2D eigenvalue weighted by Crippen LogP contribution is -2.28. The molecule has 6 heteroatoms. The van der Waals surface area contributed by atoms with Crippen LogP contribution in [0.2, 0.25) is 0 Å². The van der Waals surface area contributed by atoms with E-state index in [9.17, 15) is 9.18 Å². The van der Waals surface area contributed by atoms with Gasteiger partial charge in [0.05, 0.1) is 17.3 Å². The molecule has 0 aliphatic heterocycles. The van der Waals surface area contributed by atoms with Gasteiger partial charge < -0.3 is 10.6 Å². The summed E-state index contributed by atoms with van der Waals surface area (Å²) in [4.78, 5) is 17.5. The van der Waals surface area contributed by atoms with Crippen LogP contribution in [-0.4, -0.2) is 22.8 Å². The lowest BCUT2D eigenvalue weighted by Gasteiger charge is -2.18. The minimum absolute atomic E-state index is 0.0240. The van der Waals surface area contributed by atoms with Crippen molar-refractivity contribution >= 4 is 11.6 Å². The molecule has 0 radical (unpaired) electrons. The maximum atomic E-state index is 13.7. The van der Waals surface area contributed by atoms with Crippen molar-refractivity contribution in [2.75, 3.05) is 12.8 Å². The molecule has 0 unspecified atom stereocenters. The molecule has 2 N–H and O–H groups in total. The quantitative estimate of drug-likeness (QED) is 0.933. The highest BCUT2D eigenvalue weighted by Gasteiger charge is 2.17. The van der Waals surface area contributed by atoms with Crippen molar-refractivity contribution in [2.45, 2.75) is 6.54 Å². The number of nitrogens with two attached hydrogens (primary N) is 1. The maximum Gasteiger partial charge on any atom is 0.274 e. The lowest BCUT2D eigenvalue weighted by atomic mass is 10.1. The van der Waals surface area contributed by atoms with Crippen LogP contribution in [0, 0.1) is 17.1 Å². The summed E-state index contributed by atoms with van der Waals surface area (Å²) < 4.78 is 13.7. The summed E-state index contributed by atoms with van der Waals surface area (Å²) in [5.74, 6) is -0.877. The van der Waals surface area contributed by atoms with Crippen LogP contribution in [0.4, 0.5) is 10.1 Å². The van der Waals surface area contributed by atoms with Crippen LogP contribution in [0.1, 0.15) is 21.6 Å². The van der Waals surface area contributed by atoms with E-state index in [4.69, 9.17) is 11.0 Å². The van der Waals surface area contributed by atoms with Crippen molar-refractivity contribution in [2.24, 2.45) is 0 Å². The van der Waals surface area contributed by atoms with Gasteiger partial charge in [0, 0.05) is 25.4 Å². The molecule has 0 bridgehead atoms. The van der Waals surface area contributed by atoms with Gasteiger partial charge in [0.25, 0.3) is 5.91 Å². The van der Waals surface area contributed by atoms with E-state index in [2.05, 4.69) is 4.98 Å². The average Bonchev–Trinajstić information content (AvgIpc) is 2.49. The van der Waals surface area contributed by atoms with E-state index in [1.807, 2.05) is 6.07 Å². The Bertz CT molecular complexity index is 724. The molecule has 0 aliphatic rings. The fraction of sp³-hybridized carbons (Fsp3) is 0.133. The maximum absolute atomic E-state index is 13.7. The summed E-state index contributed by atoms with van der Waals surface area (Å²) in [6.07, 6.45) is 1.47. The van der Waals surface area contributed by atoms with Crippen LogP contribution in [0.15, 0.2) is 36.5 Å². The average molecular weight is 284 g/mol. The number of aromatic nitrogens is 1. The van der Waals surface area contributed by atoms with E-state index in [0.717, 1.165) is 0 Å². The molecule has 1 heterocycles. The number of benzene rings is 1. The van der Waals surface area contributed by atoms with Gasteiger partial charge in [0.1, 0.15) is 5.82 Å². The Balaban J connectivity index is 2.22. The zero-order chi connectivity index (χ0) is 15.4. The van der Waals surface area contributed by atoms with E-state index in [0.29, 0.717) is 5.56 Å². The van der Waals surface area contributed by atoms with Gasteiger partial charge in [-0.15, -0.1) is 0 Å². The number of anilines is 1. The van der Waals surface area contributed by atoms with Crippen molar-refractivity contribution in [3.8, 4) is 6.07 Å². The molecule has 0 saturated heterocycles. The summed E-state index contributed by atoms with van der Waals surface area (Å²) in [7, 11) is 1.52. The Morgan fingerprint density at radius 2 is 2.24 bits per heavy atom. The molecule has 1 aromatic carbocycles. The van der Waals surface area contributed by atoms with Crippen LogP contribution < -0.4 is 5.73 Å². The molecule has 0 saturated carbocycles. The van der Waals surface area contributed by atoms with Gasteiger partial charge in [-0.3, -0.25) is 4.79 Å². The first-order chi connectivity index (χ1) is 10.0. The van der Waals surface area contributed by atoms with E-state index >= 15 is 0 Å². The molecular formula is C15H13FN4O. The van der Waals surface area contributed by atoms with Gasteiger partial charge in [0.2, 0.25) is 0 Å².